The molecule has 9 nitrogen and oxygen atoms in total. The van der Waals surface area contributed by atoms with Crippen molar-refractivity contribution in [2.75, 3.05) is 12.4 Å². The molecule has 0 saturated carbocycles. The molecule has 2 aromatic heterocycles. The molecule has 0 aliphatic rings. The van der Waals surface area contributed by atoms with Crippen molar-refractivity contribution < 1.29 is 14.3 Å². The fraction of sp³-hybridized carbons (Fsp3) is 0.167. The Labute approximate surface area is 200 Å². The predicted octanol–water partition coefficient (Wildman–Crippen LogP) is 4.01. The van der Waals surface area contributed by atoms with Gasteiger partial charge in [-0.2, -0.15) is 0 Å². The lowest BCUT2D eigenvalue weighted by atomic mass is 10.2. The fourth-order valence-electron chi connectivity index (χ4n) is 3.27. The molecule has 0 unspecified atom stereocenters. The van der Waals surface area contributed by atoms with Crippen LogP contribution in [0.4, 0.5) is 5.69 Å². The summed E-state index contributed by atoms with van der Waals surface area (Å²) in [6.45, 7) is 3.83. The van der Waals surface area contributed by atoms with Gasteiger partial charge in [0.25, 0.3) is 5.91 Å². The van der Waals surface area contributed by atoms with E-state index in [1.165, 1.54) is 18.9 Å². The van der Waals surface area contributed by atoms with Gasteiger partial charge in [0.1, 0.15) is 0 Å². The largest absolute Gasteiger partial charge is 0.465 e. The summed E-state index contributed by atoms with van der Waals surface area (Å²) in [5, 5.41) is 11.8. The van der Waals surface area contributed by atoms with Crippen LogP contribution in [0.1, 0.15) is 37.9 Å². The number of hydrogen-bond donors (Lipinski definition) is 1. The number of hydrogen-bond acceptors (Lipinski definition) is 8. The average molecular weight is 475 g/mol. The molecule has 172 valence electrons. The summed E-state index contributed by atoms with van der Waals surface area (Å²) < 4.78 is 6.35. The van der Waals surface area contributed by atoms with Crippen LogP contribution in [0, 0.1) is 13.8 Å². The summed E-state index contributed by atoms with van der Waals surface area (Å²) in [6.07, 6.45) is 0. The number of thioether (sulfide) groups is 1. The number of ether oxygens (including phenoxy) is 1. The molecule has 10 heteroatoms. The summed E-state index contributed by atoms with van der Waals surface area (Å²) in [5.74, 6) is -0.476. The molecule has 4 rings (SSSR count). The molecule has 0 atom stereocenters. The van der Waals surface area contributed by atoms with Gasteiger partial charge in [0.2, 0.25) is 0 Å². The van der Waals surface area contributed by atoms with Crippen LogP contribution in [-0.4, -0.2) is 43.9 Å². The zero-order valence-corrected chi connectivity index (χ0v) is 19.7. The lowest BCUT2D eigenvalue weighted by Gasteiger charge is -2.09. The Bertz CT molecular complexity index is 1300. The molecule has 0 saturated heterocycles. The number of nitrogens with one attached hydrogen (secondary N) is 1. The molecule has 0 bridgehead atoms. The number of benzene rings is 2. The van der Waals surface area contributed by atoms with E-state index in [1.54, 1.807) is 28.9 Å². The summed E-state index contributed by atoms with van der Waals surface area (Å²) in [6, 6.07) is 17.8. The highest BCUT2D eigenvalue weighted by atomic mass is 32.2. The van der Waals surface area contributed by atoms with Crippen molar-refractivity contribution in [3.63, 3.8) is 0 Å². The van der Waals surface area contributed by atoms with Gasteiger partial charge >= 0.3 is 5.97 Å². The topological polar surface area (TPSA) is 112 Å². The van der Waals surface area contributed by atoms with Gasteiger partial charge in [-0.1, -0.05) is 35.2 Å². The highest BCUT2D eigenvalue weighted by Gasteiger charge is 2.22. The van der Waals surface area contributed by atoms with Gasteiger partial charge in [-0.3, -0.25) is 4.79 Å². The van der Waals surface area contributed by atoms with Crippen LogP contribution in [0.15, 0.2) is 65.8 Å². The Hall–Kier alpha value is -4.05. The maximum Gasteiger partial charge on any atom is 0.337 e. The first-order chi connectivity index (χ1) is 16.4. The van der Waals surface area contributed by atoms with Gasteiger partial charge in [-0.15, -0.1) is 5.10 Å². The Morgan fingerprint density at radius 1 is 1.00 bits per heavy atom. The number of esters is 1. The number of amides is 1. The van der Waals surface area contributed by atoms with Gasteiger partial charge < -0.3 is 10.1 Å². The van der Waals surface area contributed by atoms with Crippen molar-refractivity contribution in [2.24, 2.45) is 0 Å². The zero-order chi connectivity index (χ0) is 24.1. The number of methoxy groups -OCH3 is 1. The molecule has 0 fully saturated rings. The fourth-order valence-corrected chi connectivity index (χ4v) is 4.21. The van der Waals surface area contributed by atoms with Crippen LogP contribution in [0.2, 0.25) is 0 Å². The van der Waals surface area contributed by atoms with Gasteiger partial charge in [0.15, 0.2) is 10.9 Å². The maximum absolute atomic E-state index is 13.1. The minimum absolute atomic E-state index is 0.192. The SMILES string of the molecule is COC(=O)c1ccc(NC(=O)c2nnn(-c3ccccc3)c2CSc2nc(C)cc(C)n2)cc1. The lowest BCUT2D eigenvalue weighted by molar-refractivity contribution is 0.0600. The molecule has 0 aliphatic carbocycles. The van der Waals surface area contributed by atoms with E-state index in [9.17, 15) is 9.59 Å². The summed E-state index contributed by atoms with van der Waals surface area (Å²) in [4.78, 5) is 33.7. The van der Waals surface area contributed by atoms with Crippen LogP contribution in [0.3, 0.4) is 0 Å². The van der Waals surface area contributed by atoms with Crippen molar-refractivity contribution in [2.45, 2.75) is 24.8 Å². The third kappa shape index (κ3) is 5.29. The molecule has 1 N–H and O–H groups in total. The number of para-hydroxylation sites is 1. The lowest BCUT2D eigenvalue weighted by Crippen LogP contribution is -2.15. The minimum Gasteiger partial charge on any atom is -0.465 e. The van der Waals surface area contributed by atoms with Gasteiger partial charge in [-0.25, -0.2) is 19.4 Å². The Morgan fingerprint density at radius 2 is 1.68 bits per heavy atom. The first-order valence-electron chi connectivity index (χ1n) is 10.4. The summed E-state index contributed by atoms with van der Waals surface area (Å²) in [5.41, 5.74) is 4.24. The Kier molecular flexibility index (Phi) is 6.98. The number of carbonyl (C=O) groups excluding carboxylic acids is 2. The molecule has 1 amide bonds. The number of rotatable bonds is 7. The van der Waals surface area contributed by atoms with Gasteiger partial charge in [-0.05, 0) is 56.3 Å². The van der Waals surface area contributed by atoms with Crippen LogP contribution in [0.5, 0.6) is 0 Å². The number of nitrogens with zero attached hydrogens (tertiary/aromatic N) is 5. The number of carbonyl (C=O) groups is 2. The van der Waals surface area contributed by atoms with Crippen molar-refractivity contribution in [1.29, 1.82) is 0 Å². The molecular weight excluding hydrogens is 452 g/mol. The van der Waals surface area contributed by atoms with Crippen molar-refractivity contribution in [3.05, 3.63) is 89.0 Å². The van der Waals surface area contributed by atoms with E-state index >= 15 is 0 Å². The van der Waals surface area contributed by atoms with E-state index in [-0.39, 0.29) is 5.69 Å². The van der Waals surface area contributed by atoms with Crippen LogP contribution in [0.25, 0.3) is 5.69 Å². The van der Waals surface area contributed by atoms with Gasteiger partial charge in [0, 0.05) is 22.8 Å². The van der Waals surface area contributed by atoms with E-state index in [1.807, 2.05) is 50.2 Å². The maximum atomic E-state index is 13.1. The van der Waals surface area contributed by atoms with Crippen molar-refractivity contribution in [3.8, 4) is 5.69 Å². The first kappa shape index (κ1) is 23.1. The van der Waals surface area contributed by atoms with E-state index in [2.05, 4.69) is 25.6 Å². The molecule has 2 heterocycles. The standard InChI is InChI=1S/C24H22N6O3S/c1-15-13-16(2)26-24(25-15)34-14-20-21(28-29-30(20)19-7-5-4-6-8-19)22(31)27-18-11-9-17(10-12-18)23(32)33-3/h4-13H,14H2,1-3H3,(H,27,31). The van der Waals surface area contributed by atoms with Crippen molar-refractivity contribution >= 4 is 29.3 Å². The molecule has 34 heavy (non-hydrogen) atoms. The third-order valence-corrected chi connectivity index (χ3v) is 5.70. The Balaban J connectivity index is 1.61. The molecule has 0 spiro atoms. The smallest absolute Gasteiger partial charge is 0.337 e. The summed E-state index contributed by atoms with van der Waals surface area (Å²) in [7, 11) is 1.32. The van der Waals surface area contributed by atoms with E-state index in [4.69, 9.17) is 4.74 Å². The highest BCUT2D eigenvalue weighted by Crippen LogP contribution is 2.24. The second-order valence-corrected chi connectivity index (χ2v) is 8.32. The van der Waals surface area contributed by atoms with E-state index in [0.717, 1.165) is 17.1 Å². The number of aryl methyl sites for hydroxylation is 2. The second kappa shape index (κ2) is 10.3. The van der Waals surface area contributed by atoms with Crippen LogP contribution in [-0.2, 0) is 10.5 Å². The minimum atomic E-state index is -0.448. The number of aromatic nitrogens is 5. The van der Waals surface area contributed by atoms with Gasteiger partial charge in [0.05, 0.1) is 24.1 Å². The highest BCUT2D eigenvalue weighted by molar-refractivity contribution is 7.98. The third-order valence-electron chi connectivity index (χ3n) is 4.84. The molecule has 0 aliphatic heterocycles. The quantitative estimate of drug-likeness (QED) is 0.243. The molecule has 2 aromatic carbocycles. The number of anilines is 1. The first-order valence-corrected chi connectivity index (χ1v) is 11.4. The molecular formula is C24H22N6O3S. The molecule has 4 aromatic rings. The predicted molar refractivity (Wildman–Crippen MR) is 128 cm³/mol. The van der Waals surface area contributed by atoms with Crippen molar-refractivity contribution in [1.82, 2.24) is 25.0 Å². The second-order valence-electron chi connectivity index (χ2n) is 7.38. The van der Waals surface area contributed by atoms with Crippen LogP contribution >= 0.6 is 11.8 Å². The average Bonchev–Trinajstić information content (AvgIpc) is 3.27. The van der Waals surface area contributed by atoms with E-state index in [0.29, 0.717) is 27.9 Å². The van der Waals surface area contributed by atoms with E-state index < -0.39 is 11.9 Å². The monoisotopic (exact) mass is 474 g/mol. The zero-order valence-electron chi connectivity index (χ0n) is 18.8. The molecule has 0 radical (unpaired) electrons. The normalized spacial score (nSPS) is 10.7. The van der Waals surface area contributed by atoms with Crippen LogP contribution < -0.4 is 5.32 Å². The summed E-state index contributed by atoms with van der Waals surface area (Å²) >= 11 is 1.41. The Morgan fingerprint density at radius 3 is 2.32 bits per heavy atom.